The molecule has 1 aliphatic heterocycles. The van der Waals surface area contributed by atoms with Gasteiger partial charge in [-0.3, -0.25) is 9.89 Å². The number of carbonyl (C=O) groups excluding carboxylic acids is 2. The molecule has 3 rings (SSSR count). The minimum Gasteiger partial charge on any atom is -0.444 e. The maximum absolute atomic E-state index is 12.9. The van der Waals surface area contributed by atoms with E-state index in [0.717, 1.165) is 16.9 Å². The smallest absolute Gasteiger partial charge is 0.410 e. The molecule has 0 saturated heterocycles. The predicted molar refractivity (Wildman–Crippen MR) is 98.1 cm³/mol. The number of hydrogen-bond acceptors (Lipinski definition) is 4. The van der Waals surface area contributed by atoms with Crippen molar-refractivity contribution in [3.05, 3.63) is 47.3 Å². The van der Waals surface area contributed by atoms with Gasteiger partial charge in [-0.25, -0.2) is 4.79 Å². The third-order valence-electron chi connectivity index (χ3n) is 4.24. The Balaban J connectivity index is 1.80. The van der Waals surface area contributed by atoms with E-state index in [-0.39, 0.29) is 12.0 Å². The molecule has 0 unspecified atom stereocenters. The first-order chi connectivity index (χ1) is 12.3. The first-order valence-corrected chi connectivity index (χ1v) is 8.63. The number of nitrogens with zero attached hydrogens (tertiary/aromatic N) is 3. The van der Waals surface area contributed by atoms with Crippen LogP contribution in [0, 0.1) is 0 Å². The van der Waals surface area contributed by atoms with Crippen LogP contribution < -0.4 is 4.90 Å². The van der Waals surface area contributed by atoms with Crippen LogP contribution >= 0.6 is 0 Å². The molecule has 1 aromatic heterocycles. The van der Waals surface area contributed by atoms with E-state index in [9.17, 15) is 9.59 Å². The second-order valence-electron chi connectivity index (χ2n) is 7.38. The molecule has 0 bridgehead atoms. The van der Waals surface area contributed by atoms with Crippen LogP contribution in [-0.2, 0) is 17.7 Å². The van der Waals surface area contributed by atoms with Crippen LogP contribution in [0.1, 0.15) is 42.5 Å². The highest BCUT2D eigenvalue weighted by atomic mass is 16.6. The maximum Gasteiger partial charge on any atom is 0.410 e. The fourth-order valence-corrected chi connectivity index (χ4v) is 2.88. The number of ether oxygens (including phenoxy) is 1. The largest absolute Gasteiger partial charge is 0.444 e. The summed E-state index contributed by atoms with van der Waals surface area (Å²) in [4.78, 5) is 28.4. The molecule has 7 nitrogen and oxygen atoms in total. The number of fused-ring (bicyclic) bond motifs is 1. The summed E-state index contributed by atoms with van der Waals surface area (Å²) in [6.07, 6.45) is 0.239. The standard InChI is InChI=1S/C19H24N4O3/c1-19(2,3)26-18(25)23-11-10-15-14(12-23)16(21-20-15)17(24)22(4)13-8-6-5-7-9-13/h5-9H,10-12H2,1-4H3,(H,20,21). The van der Waals surface area contributed by atoms with Crippen molar-refractivity contribution in [1.29, 1.82) is 0 Å². The molecule has 7 heteroatoms. The Morgan fingerprint density at radius 2 is 1.92 bits per heavy atom. The average molecular weight is 356 g/mol. The lowest BCUT2D eigenvalue weighted by Crippen LogP contribution is -2.40. The van der Waals surface area contributed by atoms with Crippen molar-refractivity contribution in [2.24, 2.45) is 0 Å². The third kappa shape index (κ3) is 3.71. The highest BCUT2D eigenvalue weighted by Gasteiger charge is 2.31. The molecule has 0 radical (unpaired) electrons. The molecule has 2 amide bonds. The Kier molecular flexibility index (Phi) is 4.71. The van der Waals surface area contributed by atoms with E-state index in [1.165, 1.54) is 0 Å². The number of benzene rings is 1. The van der Waals surface area contributed by atoms with E-state index in [2.05, 4.69) is 10.2 Å². The Morgan fingerprint density at radius 3 is 2.58 bits per heavy atom. The highest BCUT2D eigenvalue weighted by molar-refractivity contribution is 6.05. The lowest BCUT2D eigenvalue weighted by atomic mass is 10.0. The molecule has 0 spiro atoms. The number of H-pyrrole nitrogens is 1. The number of carbonyl (C=O) groups is 2. The predicted octanol–water partition coefficient (Wildman–Crippen LogP) is 2.98. The molecule has 138 valence electrons. The third-order valence-corrected chi connectivity index (χ3v) is 4.24. The van der Waals surface area contributed by atoms with Crippen molar-refractivity contribution in [3.8, 4) is 0 Å². The summed E-state index contributed by atoms with van der Waals surface area (Å²) >= 11 is 0. The van der Waals surface area contributed by atoms with Crippen LogP contribution in [-0.4, -0.2) is 46.3 Å². The molecule has 2 aromatic rings. The number of rotatable bonds is 2. The first-order valence-electron chi connectivity index (χ1n) is 8.63. The minimum absolute atomic E-state index is 0.209. The molecule has 26 heavy (non-hydrogen) atoms. The molecule has 2 heterocycles. The number of hydrogen-bond donors (Lipinski definition) is 1. The quantitative estimate of drug-likeness (QED) is 0.897. The first kappa shape index (κ1) is 18.0. The normalized spacial score (nSPS) is 13.9. The van der Waals surface area contributed by atoms with Gasteiger partial charge in [0.15, 0.2) is 5.69 Å². The van der Waals surface area contributed by atoms with Gasteiger partial charge in [-0.1, -0.05) is 18.2 Å². The Hall–Kier alpha value is -2.83. The molecular weight excluding hydrogens is 332 g/mol. The number of anilines is 1. The topological polar surface area (TPSA) is 78.5 Å². The van der Waals surface area contributed by atoms with Crippen molar-refractivity contribution in [1.82, 2.24) is 15.1 Å². The van der Waals surface area contributed by atoms with E-state index in [1.807, 2.05) is 51.1 Å². The van der Waals surface area contributed by atoms with Crippen LogP contribution in [0.2, 0.25) is 0 Å². The van der Waals surface area contributed by atoms with Crippen LogP contribution in [0.5, 0.6) is 0 Å². The molecule has 0 saturated carbocycles. The summed E-state index contributed by atoms with van der Waals surface area (Å²) in [6.45, 7) is 6.35. The zero-order chi connectivity index (χ0) is 18.9. The number of aromatic nitrogens is 2. The molecular formula is C19H24N4O3. The van der Waals surface area contributed by atoms with Crippen LogP contribution in [0.25, 0.3) is 0 Å². The molecule has 1 aromatic carbocycles. The van der Waals surface area contributed by atoms with Crippen LogP contribution in [0.4, 0.5) is 10.5 Å². The summed E-state index contributed by atoms with van der Waals surface area (Å²) in [5.74, 6) is -0.209. The number of nitrogens with one attached hydrogen (secondary N) is 1. The fraction of sp³-hybridized carbons (Fsp3) is 0.421. The van der Waals surface area contributed by atoms with Gasteiger partial charge < -0.3 is 14.5 Å². The summed E-state index contributed by atoms with van der Waals surface area (Å²) in [5, 5.41) is 7.16. The van der Waals surface area contributed by atoms with Crippen LogP contribution in [0.15, 0.2) is 30.3 Å². The second-order valence-corrected chi connectivity index (χ2v) is 7.38. The Morgan fingerprint density at radius 1 is 1.23 bits per heavy atom. The SMILES string of the molecule is CN(C(=O)c1n[nH]c2c1CN(C(=O)OC(C)(C)C)CC2)c1ccccc1. The molecule has 1 N–H and O–H groups in total. The fourth-order valence-electron chi connectivity index (χ4n) is 2.88. The molecule has 0 fully saturated rings. The summed E-state index contributed by atoms with van der Waals surface area (Å²) < 4.78 is 5.45. The van der Waals surface area contributed by atoms with Gasteiger partial charge in [0.05, 0.1) is 6.54 Å². The van der Waals surface area contributed by atoms with Crippen LogP contribution in [0.3, 0.4) is 0 Å². The van der Waals surface area contributed by atoms with E-state index >= 15 is 0 Å². The van der Waals surface area contributed by atoms with Crippen molar-refractivity contribution in [2.45, 2.75) is 39.3 Å². The van der Waals surface area contributed by atoms with Gasteiger partial charge in [-0.2, -0.15) is 5.10 Å². The van der Waals surface area contributed by atoms with Gasteiger partial charge >= 0.3 is 6.09 Å². The van der Waals surface area contributed by atoms with E-state index in [1.54, 1.807) is 16.8 Å². The summed E-state index contributed by atoms with van der Waals surface area (Å²) in [6, 6.07) is 9.39. The molecule has 0 aliphatic carbocycles. The molecule has 0 atom stereocenters. The van der Waals surface area contributed by atoms with Gasteiger partial charge in [0.1, 0.15) is 5.60 Å². The zero-order valence-electron chi connectivity index (χ0n) is 15.6. The maximum atomic E-state index is 12.9. The Labute approximate surface area is 152 Å². The second kappa shape index (κ2) is 6.82. The van der Waals surface area contributed by atoms with Crippen molar-refractivity contribution in [2.75, 3.05) is 18.5 Å². The van der Waals surface area contributed by atoms with Crippen molar-refractivity contribution in [3.63, 3.8) is 0 Å². The summed E-state index contributed by atoms with van der Waals surface area (Å²) in [5.41, 5.74) is 2.23. The summed E-state index contributed by atoms with van der Waals surface area (Å²) in [7, 11) is 1.72. The monoisotopic (exact) mass is 356 g/mol. The van der Waals surface area contributed by atoms with Gasteiger partial charge in [0, 0.05) is 37.0 Å². The molecule has 1 aliphatic rings. The van der Waals surface area contributed by atoms with E-state index in [4.69, 9.17) is 4.74 Å². The number of amides is 2. The van der Waals surface area contributed by atoms with Crippen molar-refractivity contribution >= 4 is 17.7 Å². The number of para-hydroxylation sites is 1. The van der Waals surface area contributed by atoms with Gasteiger partial charge in [-0.05, 0) is 32.9 Å². The number of aromatic amines is 1. The van der Waals surface area contributed by atoms with E-state index < -0.39 is 5.60 Å². The lowest BCUT2D eigenvalue weighted by Gasteiger charge is -2.30. The van der Waals surface area contributed by atoms with E-state index in [0.29, 0.717) is 25.2 Å². The Bertz CT molecular complexity index is 808. The lowest BCUT2D eigenvalue weighted by molar-refractivity contribution is 0.0222. The highest BCUT2D eigenvalue weighted by Crippen LogP contribution is 2.24. The van der Waals surface area contributed by atoms with Crippen molar-refractivity contribution < 1.29 is 14.3 Å². The van der Waals surface area contributed by atoms with Gasteiger partial charge in [0.2, 0.25) is 0 Å². The minimum atomic E-state index is -0.556. The zero-order valence-corrected chi connectivity index (χ0v) is 15.6. The van der Waals surface area contributed by atoms with Gasteiger partial charge in [-0.15, -0.1) is 0 Å². The average Bonchev–Trinajstić information content (AvgIpc) is 3.03. The van der Waals surface area contributed by atoms with Gasteiger partial charge in [0.25, 0.3) is 5.91 Å².